The highest BCUT2D eigenvalue weighted by atomic mass is 16.3. The lowest BCUT2D eigenvalue weighted by atomic mass is 10.2. The molecule has 1 aromatic heterocycles. The summed E-state index contributed by atoms with van der Waals surface area (Å²) in [4.78, 5) is 35.5. The highest BCUT2D eigenvalue weighted by Crippen LogP contribution is 2.19. The van der Waals surface area contributed by atoms with Crippen molar-refractivity contribution < 1.29 is 18.8 Å². The van der Waals surface area contributed by atoms with Gasteiger partial charge in [0.1, 0.15) is 11.3 Å². The van der Waals surface area contributed by atoms with Gasteiger partial charge in [0, 0.05) is 24.6 Å². The van der Waals surface area contributed by atoms with E-state index in [1.807, 2.05) is 30.3 Å². The average molecular weight is 313 g/mol. The fourth-order valence-electron chi connectivity index (χ4n) is 2.27. The van der Waals surface area contributed by atoms with E-state index in [0.29, 0.717) is 5.76 Å². The van der Waals surface area contributed by atoms with Crippen molar-refractivity contribution in [1.82, 2.24) is 15.5 Å². The quantitative estimate of drug-likeness (QED) is 0.639. The van der Waals surface area contributed by atoms with Crippen molar-refractivity contribution in [2.45, 2.75) is 0 Å². The van der Waals surface area contributed by atoms with Crippen LogP contribution in [0.1, 0.15) is 5.76 Å². The Kier molecular flexibility index (Phi) is 4.09. The summed E-state index contributed by atoms with van der Waals surface area (Å²) in [5.41, 5.74) is 0.756. The molecule has 1 saturated heterocycles. The van der Waals surface area contributed by atoms with Crippen LogP contribution < -0.4 is 10.6 Å². The van der Waals surface area contributed by atoms with Crippen LogP contribution in [0.15, 0.2) is 40.8 Å². The van der Waals surface area contributed by atoms with Crippen LogP contribution in [0.2, 0.25) is 0 Å². The zero-order chi connectivity index (χ0) is 16.2. The highest BCUT2D eigenvalue weighted by Gasteiger charge is 2.27. The first-order valence-electron chi connectivity index (χ1n) is 7.16. The summed E-state index contributed by atoms with van der Waals surface area (Å²) in [7, 11) is 0. The van der Waals surface area contributed by atoms with E-state index in [2.05, 4.69) is 10.6 Å². The molecule has 0 spiro atoms. The third kappa shape index (κ3) is 3.39. The van der Waals surface area contributed by atoms with E-state index in [9.17, 15) is 14.4 Å². The van der Waals surface area contributed by atoms with Gasteiger partial charge in [0.25, 0.3) is 0 Å². The Morgan fingerprint density at radius 3 is 2.91 bits per heavy atom. The highest BCUT2D eigenvalue weighted by molar-refractivity contribution is 6.02. The van der Waals surface area contributed by atoms with Gasteiger partial charge in [0.2, 0.25) is 11.8 Å². The predicted octanol–water partition coefficient (Wildman–Crippen LogP) is 1.11. The summed E-state index contributed by atoms with van der Waals surface area (Å²) in [6.07, 6.45) is 2.92. The van der Waals surface area contributed by atoms with Crippen molar-refractivity contribution >= 4 is 34.9 Å². The molecular formula is C16H15N3O4. The van der Waals surface area contributed by atoms with Crippen molar-refractivity contribution in [3.05, 3.63) is 42.2 Å². The van der Waals surface area contributed by atoms with Gasteiger partial charge in [-0.15, -0.1) is 0 Å². The molecule has 3 rings (SSSR count). The number of hydrogen-bond acceptors (Lipinski definition) is 4. The first kappa shape index (κ1) is 14.8. The number of para-hydroxylation sites is 1. The zero-order valence-corrected chi connectivity index (χ0v) is 12.2. The maximum absolute atomic E-state index is 11.7. The summed E-state index contributed by atoms with van der Waals surface area (Å²) >= 11 is 0. The molecule has 7 heteroatoms. The molecule has 118 valence electrons. The van der Waals surface area contributed by atoms with E-state index in [4.69, 9.17) is 4.42 Å². The van der Waals surface area contributed by atoms with Gasteiger partial charge >= 0.3 is 6.03 Å². The van der Waals surface area contributed by atoms with Crippen molar-refractivity contribution in [3.63, 3.8) is 0 Å². The molecule has 7 nitrogen and oxygen atoms in total. The number of nitrogens with one attached hydrogen (secondary N) is 2. The number of furan rings is 1. The Bertz CT molecular complexity index is 744. The van der Waals surface area contributed by atoms with Gasteiger partial charge in [0.05, 0.1) is 6.54 Å². The molecule has 23 heavy (non-hydrogen) atoms. The van der Waals surface area contributed by atoms with Crippen LogP contribution in [0, 0.1) is 0 Å². The van der Waals surface area contributed by atoms with Crippen LogP contribution in [0.25, 0.3) is 17.0 Å². The molecule has 0 radical (unpaired) electrons. The number of imide groups is 1. The average Bonchev–Trinajstić information content (AvgIpc) is 3.10. The smallest absolute Gasteiger partial charge is 0.324 e. The fourth-order valence-corrected chi connectivity index (χ4v) is 2.27. The largest absolute Gasteiger partial charge is 0.457 e. The maximum Gasteiger partial charge on any atom is 0.324 e. The van der Waals surface area contributed by atoms with Crippen molar-refractivity contribution in [1.29, 1.82) is 0 Å². The van der Waals surface area contributed by atoms with Crippen LogP contribution in [-0.4, -0.2) is 42.4 Å². The zero-order valence-electron chi connectivity index (χ0n) is 12.2. The Labute approximate surface area is 131 Å². The molecule has 2 aromatic rings. The van der Waals surface area contributed by atoms with E-state index in [-0.39, 0.29) is 31.4 Å². The summed E-state index contributed by atoms with van der Waals surface area (Å²) in [5, 5.41) is 5.99. The third-order valence-corrected chi connectivity index (χ3v) is 3.42. The lowest BCUT2D eigenvalue weighted by Crippen LogP contribution is -2.38. The number of urea groups is 1. The Morgan fingerprint density at radius 1 is 1.35 bits per heavy atom. The fraction of sp³-hybridized carbons (Fsp3) is 0.188. The first-order valence-corrected chi connectivity index (χ1v) is 7.16. The molecule has 0 bridgehead atoms. The summed E-state index contributed by atoms with van der Waals surface area (Å²) in [6.45, 7) is 0.357. The number of carbonyl (C=O) groups excluding carboxylic acids is 3. The molecule has 0 atom stereocenters. The van der Waals surface area contributed by atoms with Gasteiger partial charge in [-0.25, -0.2) is 4.79 Å². The Hall–Kier alpha value is -3.09. The minimum absolute atomic E-state index is 0.0126. The second-order valence-corrected chi connectivity index (χ2v) is 5.02. The van der Waals surface area contributed by atoms with Gasteiger partial charge in [-0.1, -0.05) is 18.2 Å². The number of fused-ring (bicyclic) bond motifs is 1. The van der Waals surface area contributed by atoms with Crippen LogP contribution in [0.3, 0.4) is 0 Å². The maximum atomic E-state index is 11.7. The summed E-state index contributed by atoms with van der Waals surface area (Å²) in [6, 6.07) is 8.98. The molecular weight excluding hydrogens is 298 g/mol. The second-order valence-electron chi connectivity index (χ2n) is 5.02. The van der Waals surface area contributed by atoms with Crippen molar-refractivity contribution in [2.75, 3.05) is 19.6 Å². The molecule has 1 fully saturated rings. The van der Waals surface area contributed by atoms with Crippen LogP contribution in [-0.2, 0) is 9.59 Å². The Balaban J connectivity index is 1.50. The molecule has 0 aliphatic carbocycles. The normalized spacial score (nSPS) is 14.7. The van der Waals surface area contributed by atoms with E-state index >= 15 is 0 Å². The standard InChI is InChI=1S/C16H15N3O4/c20-14(17-7-8-19-15(21)10-18-16(19)22)6-5-12-9-11-3-1-2-4-13(11)23-12/h1-6,9H,7-8,10H2,(H,17,20)(H,18,22). The van der Waals surface area contributed by atoms with Crippen LogP contribution in [0.4, 0.5) is 4.79 Å². The molecule has 0 saturated carbocycles. The van der Waals surface area contributed by atoms with Gasteiger partial charge in [-0.3, -0.25) is 14.5 Å². The summed E-state index contributed by atoms with van der Waals surface area (Å²) < 4.78 is 5.56. The lowest BCUT2D eigenvalue weighted by Gasteiger charge is -2.11. The SMILES string of the molecule is O=C(C=Cc1cc2ccccc2o1)NCCN1C(=O)CNC1=O. The van der Waals surface area contributed by atoms with E-state index < -0.39 is 6.03 Å². The van der Waals surface area contributed by atoms with Gasteiger partial charge in [-0.05, 0) is 18.2 Å². The molecule has 1 aromatic carbocycles. The predicted molar refractivity (Wildman–Crippen MR) is 83.4 cm³/mol. The summed E-state index contributed by atoms with van der Waals surface area (Å²) in [5.74, 6) is -0.0324. The van der Waals surface area contributed by atoms with E-state index in [1.54, 1.807) is 6.08 Å². The van der Waals surface area contributed by atoms with E-state index in [0.717, 1.165) is 15.9 Å². The molecule has 2 heterocycles. The second kappa shape index (κ2) is 6.35. The number of rotatable bonds is 5. The minimum atomic E-state index is -0.429. The van der Waals surface area contributed by atoms with Crippen LogP contribution in [0.5, 0.6) is 0 Å². The Morgan fingerprint density at radius 2 is 2.17 bits per heavy atom. The van der Waals surface area contributed by atoms with Gasteiger partial charge in [-0.2, -0.15) is 0 Å². The number of hydrogen-bond donors (Lipinski definition) is 2. The number of amides is 4. The molecule has 2 N–H and O–H groups in total. The van der Waals surface area contributed by atoms with Crippen molar-refractivity contribution in [3.8, 4) is 0 Å². The third-order valence-electron chi connectivity index (χ3n) is 3.42. The van der Waals surface area contributed by atoms with E-state index in [1.165, 1.54) is 6.08 Å². The molecule has 4 amide bonds. The number of nitrogens with zero attached hydrogens (tertiary/aromatic N) is 1. The van der Waals surface area contributed by atoms with Crippen LogP contribution >= 0.6 is 0 Å². The van der Waals surface area contributed by atoms with Gasteiger partial charge in [0.15, 0.2) is 0 Å². The monoisotopic (exact) mass is 313 g/mol. The molecule has 1 aliphatic rings. The molecule has 0 unspecified atom stereocenters. The topological polar surface area (TPSA) is 91.7 Å². The molecule has 1 aliphatic heterocycles. The number of carbonyl (C=O) groups is 3. The number of benzene rings is 1. The van der Waals surface area contributed by atoms with Gasteiger partial charge < -0.3 is 15.1 Å². The first-order chi connectivity index (χ1) is 11.1. The lowest BCUT2D eigenvalue weighted by molar-refractivity contribution is -0.125. The van der Waals surface area contributed by atoms with Crippen molar-refractivity contribution in [2.24, 2.45) is 0 Å². The minimum Gasteiger partial charge on any atom is -0.457 e.